The normalized spacial score (nSPS) is 11.0. The van der Waals surface area contributed by atoms with Crippen LogP contribution in [0.5, 0.6) is 0 Å². The molecule has 0 atom stereocenters. The number of hydrogen-bond donors (Lipinski definition) is 2. The number of halogens is 1. The average molecular weight is 399 g/mol. The van der Waals surface area contributed by atoms with Gasteiger partial charge < -0.3 is 10.6 Å². The molecule has 3 rings (SSSR count). The van der Waals surface area contributed by atoms with E-state index in [0.717, 1.165) is 23.0 Å². The molecule has 1 aromatic heterocycles. The highest BCUT2D eigenvalue weighted by atomic mass is 32.2. The van der Waals surface area contributed by atoms with Crippen LogP contribution in [0.15, 0.2) is 53.7 Å². The second-order valence-corrected chi connectivity index (χ2v) is 7.77. The summed E-state index contributed by atoms with van der Waals surface area (Å²) >= 11 is 1.30. The standard InChI is InChI=1S/C21H23FN4OS/c1-14(2)11-12-23-19(27)13-28-21-25-18-6-4-3-5-17(18)20(26-21)24-16-9-7-15(22)8-10-16/h3-10,14H,11-13H2,1-2H3,(H,23,27)(H,24,25,26). The topological polar surface area (TPSA) is 66.9 Å². The maximum atomic E-state index is 13.2. The van der Waals surface area contributed by atoms with Gasteiger partial charge in [-0.3, -0.25) is 4.79 Å². The molecule has 7 heteroatoms. The highest BCUT2D eigenvalue weighted by Crippen LogP contribution is 2.27. The number of rotatable bonds is 8. The molecule has 1 heterocycles. The Hall–Kier alpha value is -2.67. The number of thioether (sulfide) groups is 1. The van der Waals surface area contributed by atoms with Crippen molar-refractivity contribution in [2.24, 2.45) is 5.92 Å². The lowest BCUT2D eigenvalue weighted by molar-refractivity contribution is -0.118. The Morgan fingerprint density at radius 1 is 1.11 bits per heavy atom. The zero-order valence-corrected chi connectivity index (χ0v) is 16.7. The molecular weight excluding hydrogens is 375 g/mol. The summed E-state index contributed by atoms with van der Waals surface area (Å²) in [4.78, 5) is 21.1. The smallest absolute Gasteiger partial charge is 0.230 e. The molecule has 1 amide bonds. The summed E-state index contributed by atoms with van der Waals surface area (Å²) < 4.78 is 13.2. The number of fused-ring (bicyclic) bond motifs is 1. The molecule has 28 heavy (non-hydrogen) atoms. The highest BCUT2D eigenvalue weighted by Gasteiger charge is 2.11. The minimum absolute atomic E-state index is 0.0320. The Bertz CT molecular complexity index is 947. The van der Waals surface area contributed by atoms with Gasteiger partial charge in [0.2, 0.25) is 5.91 Å². The predicted molar refractivity (Wildman–Crippen MR) is 112 cm³/mol. The van der Waals surface area contributed by atoms with Gasteiger partial charge in [0.25, 0.3) is 0 Å². The van der Waals surface area contributed by atoms with Crippen molar-refractivity contribution in [1.82, 2.24) is 15.3 Å². The summed E-state index contributed by atoms with van der Waals surface area (Å²) in [5.74, 6) is 1.11. The van der Waals surface area contributed by atoms with Crippen LogP contribution in [0.1, 0.15) is 20.3 Å². The lowest BCUT2D eigenvalue weighted by Gasteiger charge is -2.11. The molecule has 0 unspecified atom stereocenters. The Kier molecular flexibility index (Phi) is 6.81. The third-order valence-electron chi connectivity index (χ3n) is 4.07. The number of nitrogens with one attached hydrogen (secondary N) is 2. The lowest BCUT2D eigenvalue weighted by Crippen LogP contribution is -2.27. The predicted octanol–water partition coefficient (Wildman–Crippen LogP) is 4.77. The van der Waals surface area contributed by atoms with Crippen LogP contribution in [0.25, 0.3) is 10.9 Å². The van der Waals surface area contributed by atoms with Crippen molar-refractivity contribution >= 4 is 40.1 Å². The zero-order valence-electron chi connectivity index (χ0n) is 15.9. The van der Waals surface area contributed by atoms with Crippen LogP contribution in [-0.2, 0) is 4.79 Å². The van der Waals surface area contributed by atoms with Gasteiger partial charge in [-0.2, -0.15) is 0 Å². The van der Waals surface area contributed by atoms with Gasteiger partial charge in [0.1, 0.15) is 11.6 Å². The molecule has 0 aliphatic carbocycles. The lowest BCUT2D eigenvalue weighted by atomic mass is 10.1. The van der Waals surface area contributed by atoms with Crippen LogP contribution in [0.4, 0.5) is 15.9 Å². The molecule has 0 saturated carbocycles. The summed E-state index contributed by atoms with van der Waals surface area (Å²) in [7, 11) is 0. The van der Waals surface area contributed by atoms with E-state index < -0.39 is 0 Å². The first-order valence-electron chi connectivity index (χ1n) is 9.20. The van der Waals surface area contributed by atoms with Crippen molar-refractivity contribution in [3.63, 3.8) is 0 Å². The van der Waals surface area contributed by atoms with Crippen molar-refractivity contribution in [2.45, 2.75) is 25.4 Å². The summed E-state index contributed by atoms with van der Waals surface area (Å²) in [6.45, 7) is 4.92. The van der Waals surface area contributed by atoms with Gasteiger partial charge in [0.05, 0.1) is 11.3 Å². The van der Waals surface area contributed by atoms with Crippen LogP contribution in [0.2, 0.25) is 0 Å². The molecule has 0 fully saturated rings. The minimum atomic E-state index is -0.294. The Labute approximate surface area is 168 Å². The molecule has 0 saturated heterocycles. The third kappa shape index (κ3) is 5.66. The summed E-state index contributed by atoms with van der Waals surface area (Å²) in [6, 6.07) is 13.7. The quantitative estimate of drug-likeness (QED) is 0.423. The summed E-state index contributed by atoms with van der Waals surface area (Å²) in [5, 5.41) is 7.51. The molecule has 2 aromatic carbocycles. The van der Waals surface area contributed by atoms with Crippen LogP contribution >= 0.6 is 11.8 Å². The molecule has 0 radical (unpaired) electrons. The molecule has 0 aliphatic rings. The van der Waals surface area contributed by atoms with E-state index >= 15 is 0 Å². The van der Waals surface area contributed by atoms with Gasteiger partial charge in [-0.15, -0.1) is 0 Å². The van der Waals surface area contributed by atoms with Gasteiger partial charge >= 0.3 is 0 Å². The second-order valence-electron chi connectivity index (χ2n) is 6.82. The van der Waals surface area contributed by atoms with Gasteiger partial charge in [-0.1, -0.05) is 37.7 Å². The van der Waals surface area contributed by atoms with Crippen molar-refractivity contribution in [1.29, 1.82) is 0 Å². The highest BCUT2D eigenvalue weighted by molar-refractivity contribution is 7.99. The summed E-state index contributed by atoms with van der Waals surface area (Å²) in [5.41, 5.74) is 1.51. The molecule has 146 valence electrons. The number of para-hydroxylation sites is 1. The van der Waals surface area contributed by atoms with Crippen molar-refractivity contribution < 1.29 is 9.18 Å². The fourth-order valence-corrected chi connectivity index (χ4v) is 3.25. The van der Waals surface area contributed by atoms with Crippen LogP contribution in [-0.4, -0.2) is 28.2 Å². The third-order valence-corrected chi connectivity index (χ3v) is 4.91. The number of nitrogens with zero attached hydrogens (tertiary/aromatic N) is 2. The maximum Gasteiger partial charge on any atom is 0.230 e. The van der Waals surface area contributed by atoms with Gasteiger partial charge in [-0.05, 0) is 48.7 Å². The first kappa shape index (κ1) is 20.1. The minimum Gasteiger partial charge on any atom is -0.355 e. The Morgan fingerprint density at radius 3 is 2.61 bits per heavy atom. The largest absolute Gasteiger partial charge is 0.355 e. The molecule has 2 N–H and O–H groups in total. The fourth-order valence-electron chi connectivity index (χ4n) is 2.57. The van der Waals surface area contributed by atoms with Crippen molar-refractivity contribution in [3.8, 4) is 0 Å². The van der Waals surface area contributed by atoms with Crippen molar-refractivity contribution in [3.05, 3.63) is 54.3 Å². The fraction of sp³-hybridized carbons (Fsp3) is 0.286. The first-order valence-corrected chi connectivity index (χ1v) is 10.2. The van der Waals surface area contributed by atoms with Crippen LogP contribution in [0.3, 0.4) is 0 Å². The molecule has 5 nitrogen and oxygen atoms in total. The molecule has 0 bridgehead atoms. The van der Waals surface area contributed by atoms with Gasteiger partial charge in [-0.25, -0.2) is 14.4 Å². The second kappa shape index (κ2) is 9.50. The summed E-state index contributed by atoms with van der Waals surface area (Å²) in [6.07, 6.45) is 0.953. The van der Waals surface area contributed by atoms with E-state index in [9.17, 15) is 9.18 Å². The molecule has 3 aromatic rings. The van der Waals surface area contributed by atoms with E-state index in [0.29, 0.717) is 23.4 Å². The van der Waals surface area contributed by atoms with E-state index in [1.54, 1.807) is 12.1 Å². The maximum absolute atomic E-state index is 13.2. The van der Waals surface area contributed by atoms with E-state index in [1.165, 1.54) is 23.9 Å². The van der Waals surface area contributed by atoms with Crippen LogP contribution < -0.4 is 10.6 Å². The first-order chi connectivity index (χ1) is 13.5. The number of aromatic nitrogens is 2. The van der Waals surface area contributed by atoms with Crippen LogP contribution in [0, 0.1) is 11.7 Å². The Balaban J connectivity index is 1.74. The number of carbonyl (C=O) groups excluding carboxylic acids is 1. The zero-order chi connectivity index (χ0) is 19.9. The Morgan fingerprint density at radius 2 is 1.86 bits per heavy atom. The number of hydrogen-bond acceptors (Lipinski definition) is 5. The van der Waals surface area contributed by atoms with Crippen molar-refractivity contribution in [2.75, 3.05) is 17.6 Å². The number of anilines is 2. The van der Waals surface area contributed by atoms with Gasteiger partial charge in [0, 0.05) is 17.6 Å². The van der Waals surface area contributed by atoms with E-state index in [4.69, 9.17) is 0 Å². The number of carbonyl (C=O) groups is 1. The van der Waals surface area contributed by atoms with E-state index in [1.807, 2.05) is 24.3 Å². The van der Waals surface area contributed by atoms with Gasteiger partial charge in [0.15, 0.2) is 5.16 Å². The number of benzene rings is 2. The number of amides is 1. The van der Waals surface area contributed by atoms with E-state index in [2.05, 4.69) is 34.4 Å². The average Bonchev–Trinajstić information content (AvgIpc) is 2.68. The van der Waals surface area contributed by atoms with E-state index in [-0.39, 0.29) is 17.5 Å². The molecule has 0 aliphatic heterocycles. The SMILES string of the molecule is CC(C)CCNC(=O)CSc1nc(Nc2ccc(F)cc2)c2ccccc2n1. The monoisotopic (exact) mass is 398 g/mol. The molecule has 0 spiro atoms. The molecular formula is C21H23FN4OS.